The van der Waals surface area contributed by atoms with Gasteiger partial charge in [-0.15, -0.1) is 0 Å². The Morgan fingerprint density at radius 2 is 1.87 bits per heavy atom. The second-order valence-corrected chi connectivity index (χ2v) is 4.81. The van der Waals surface area contributed by atoms with E-state index in [2.05, 4.69) is 4.72 Å². The van der Waals surface area contributed by atoms with Gasteiger partial charge < -0.3 is 10.8 Å². The molecule has 0 saturated carbocycles. The number of nitrogens with two attached hydrogens (primary N) is 1. The summed E-state index contributed by atoms with van der Waals surface area (Å²) in [6.07, 6.45) is 0.397. The van der Waals surface area contributed by atoms with E-state index in [0.29, 0.717) is 12.1 Å². The van der Waals surface area contributed by atoms with E-state index in [1.165, 1.54) is 24.3 Å². The Morgan fingerprint density at radius 3 is 2.40 bits per heavy atom. The Morgan fingerprint density at radius 1 is 1.27 bits per heavy atom. The van der Waals surface area contributed by atoms with E-state index in [0.717, 1.165) is 0 Å². The van der Waals surface area contributed by atoms with Gasteiger partial charge in [-0.2, -0.15) is 0 Å². The second-order valence-electron chi connectivity index (χ2n) is 3.04. The topological polar surface area (TPSA) is 92.4 Å². The summed E-state index contributed by atoms with van der Waals surface area (Å²) in [5.41, 5.74) is 5.96. The molecule has 1 aromatic carbocycles. The molecule has 0 atom stereocenters. The molecule has 0 radical (unpaired) electrons. The Hall–Kier alpha value is -1.11. The predicted molar refractivity (Wildman–Crippen MR) is 57.7 cm³/mol. The maximum absolute atomic E-state index is 11.6. The first kappa shape index (κ1) is 12.0. The number of anilines is 1. The molecule has 4 N–H and O–H groups in total. The van der Waals surface area contributed by atoms with Crippen LogP contribution in [0.3, 0.4) is 0 Å². The number of sulfonamides is 1. The van der Waals surface area contributed by atoms with Crippen molar-refractivity contribution in [2.75, 3.05) is 18.9 Å². The van der Waals surface area contributed by atoms with Crippen molar-refractivity contribution >= 4 is 15.7 Å². The van der Waals surface area contributed by atoms with Crippen LogP contribution in [-0.2, 0) is 10.0 Å². The van der Waals surface area contributed by atoms with Crippen LogP contribution in [0, 0.1) is 0 Å². The molecule has 0 aliphatic rings. The van der Waals surface area contributed by atoms with Gasteiger partial charge in [0, 0.05) is 18.8 Å². The van der Waals surface area contributed by atoms with Crippen molar-refractivity contribution in [3.05, 3.63) is 24.3 Å². The van der Waals surface area contributed by atoms with E-state index in [9.17, 15) is 8.42 Å². The first-order valence-corrected chi connectivity index (χ1v) is 6.00. The van der Waals surface area contributed by atoms with Crippen molar-refractivity contribution in [3.8, 4) is 0 Å². The number of nitrogens with one attached hydrogen (secondary N) is 1. The Labute approximate surface area is 89.0 Å². The SMILES string of the molecule is Nc1ccc(S(=O)(=O)NCCCO)cc1. The van der Waals surface area contributed by atoms with Crippen LogP contribution in [0.15, 0.2) is 29.2 Å². The van der Waals surface area contributed by atoms with E-state index in [-0.39, 0.29) is 18.0 Å². The number of nitrogen functional groups attached to an aromatic ring is 1. The van der Waals surface area contributed by atoms with Crippen molar-refractivity contribution in [1.29, 1.82) is 0 Å². The highest BCUT2D eigenvalue weighted by Crippen LogP contribution is 2.10. The minimum Gasteiger partial charge on any atom is -0.399 e. The molecular weight excluding hydrogens is 216 g/mol. The normalized spacial score (nSPS) is 11.5. The molecule has 84 valence electrons. The Kier molecular flexibility index (Phi) is 4.07. The molecule has 0 aliphatic heterocycles. The summed E-state index contributed by atoms with van der Waals surface area (Å²) in [7, 11) is -3.47. The quantitative estimate of drug-likeness (QED) is 0.487. The summed E-state index contributed by atoms with van der Waals surface area (Å²) in [4.78, 5) is 0.176. The summed E-state index contributed by atoms with van der Waals surface area (Å²) in [6, 6.07) is 5.94. The van der Waals surface area contributed by atoms with Crippen LogP contribution in [0.5, 0.6) is 0 Å². The van der Waals surface area contributed by atoms with E-state index < -0.39 is 10.0 Å². The van der Waals surface area contributed by atoms with Crippen LogP contribution in [0.1, 0.15) is 6.42 Å². The van der Waals surface area contributed by atoms with Gasteiger partial charge in [0.15, 0.2) is 0 Å². The standard InChI is InChI=1S/C9H14N2O3S/c10-8-2-4-9(5-3-8)15(13,14)11-6-1-7-12/h2-5,11-12H,1,6-7,10H2. The lowest BCUT2D eigenvalue weighted by Gasteiger charge is -2.05. The van der Waals surface area contributed by atoms with Gasteiger partial charge in [0.1, 0.15) is 0 Å². The molecule has 1 rings (SSSR count). The molecule has 0 aliphatic carbocycles. The number of aliphatic hydroxyl groups is 1. The maximum Gasteiger partial charge on any atom is 0.240 e. The molecule has 5 nitrogen and oxygen atoms in total. The van der Waals surface area contributed by atoms with Crippen molar-refractivity contribution in [2.24, 2.45) is 0 Å². The largest absolute Gasteiger partial charge is 0.399 e. The minimum atomic E-state index is -3.47. The Balaban J connectivity index is 2.73. The monoisotopic (exact) mass is 230 g/mol. The third-order valence-corrected chi connectivity index (χ3v) is 3.29. The van der Waals surface area contributed by atoms with Gasteiger partial charge in [-0.3, -0.25) is 0 Å². The second kappa shape index (κ2) is 5.11. The van der Waals surface area contributed by atoms with Gasteiger partial charge >= 0.3 is 0 Å². The average molecular weight is 230 g/mol. The zero-order valence-electron chi connectivity index (χ0n) is 8.18. The maximum atomic E-state index is 11.6. The summed E-state index contributed by atoms with van der Waals surface area (Å²) in [5, 5.41) is 8.52. The highest BCUT2D eigenvalue weighted by molar-refractivity contribution is 7.89. The van der Waals surface area contributed by atoms with Crippen molar-refractivity contribution in [2.45, 2.75) is 11.3 Å². The van der Waals surface area contributed by atoms with Gasteiger partial charge in [0.05, 0.1) is 4.90 Å². The zero-order chi connectivity index (χ0) is 11.3. The van der Waals surface area contributed by atoms with Crippen LogP contribution in [0.25, 0.3) is 0 Å². The molecular formula is C9H14N2O3S. The predicted octanol–water partition coefficient (Wildman–Crippen LogP) is -0.0705. The molecule has 1 aromatic rings. The number of aliphatic hydroxyl groups excluding tert-OH is 1. The van der Waals surface area contributed by atoms with Crippen LogP contribution < -0.4 is 10.5 Å². The van der Waals surface area contributed by atoms with Crippen molar-refractivity contribution < 1.29 is 13.5 Å². The molecule has 0 amide bonds. The average Bonchev–Trinajstić information content (AvgIpc) is 2.18. The fraction of sp³-hybridized carbons (Fsp3) is 0.333. The lowest BCUT2D eigenvalue weighted by molar-refractivity contribution is 0.289. The molecule has 0 bridgehead atoms. The third kappa shape index (κ3) is 3.50. The molecule has 0 heterocycles. The Bertz CT molecular complexity index is 400. The zero-order valence-corrected chi connectivity index (χ0v) is 9.00. The van der Waals surface area contributed by atoms with Gasteiger partial charge in [-0.25, -0.2) is 13.1 Å². The van der Waals surface area contributed by atoms with Crippen LogP contribution in [-0.4, -0.2) is 26.7 Å². The van der Waals surface area contributed by atoms with Gasteiger partial charge in [0.25, 0.3) is 0 Å². The highest BCUT2D eigenvalue weighted by atomic mass is 32.2. The minimum absolute atomic E-state index is 0.0374. The number of hydrogen-bond acceptors (Lipinski definition) is 4. The lowest BCUT2D eigenvalue weighted by atomic mass is 10.3. The molecule has 0 saturated heterocycles. The first-order chi connectivity index (χ1) is 7.06. The van der Waals surface area contributed by atoms with Crippen molar-refractivity contribution in [3.63, 3.8) is 0 Å². The van der Waals surface area contributed by atoms with Crippen LogP contribution in [0.2, 0.25) is 0 Å². The molecule has 6 heteroatoms. The molecule has 0 unspecified atom stereocenters. The summed E-state index contributed by atoms with van der Waals surface area (Å²) < 4.78 is 25.5. The van der Waals surface area contributed by atoms with E-state index in [1.807, 2.05) is 0 Å². The summed E-state index contributed by atoms with van der Waals surface area (Å²) in [5.74, 6) is 0. The lowest BCUT2D eigenvalue weighted by Crippen LogP contribution is -2.25. The smallest absolute Gasteiger partial charge is 0.240 e. The molecule has 0 fully saturated rings. The summed E-state index contributed by atoms with van der Waals surface area (Å²) in [6.45, 7) is 0.188. The van der Waals surface area contributed by atoms with E-state index >= 15 is 0 Å². The number of benzene rings is 1. The third-order valence-electron chi connectivity index (χ3n) is 1.82. The van der Waals surface area contributed by atoms with Crippen LogP contribution >= 0.6 is 0 Å². The van der Waals surface area contributed by atoms with Gasteiger partial charge in [-0.1, -0.05) is 0 Å². The van der Waals surface area contributed by atoms with Gasteiger partial charge in [0.2, 0.25) is 10.0 Å². The first-order valence-electron chi connectivity index (χ1n) is 4.52. The fourth-order valence-corrected chi connectivity index (χ4v) is 2.09. The van der Waals surface area contributed by atoms with Gasteiger partial charge in [-0.05, 0) is 30.7 Å². The highest BCUT2D eigenvalue weighted by Gasteiger charge is 2.11. The van der Waals surface area contributed by atoms with Crippen molar-refractivity contribution in [1.82, 2.24) is 4.72 Å². The van der Waals surface area contributed by atoms with Crippen LogP contribution in [0.4, 0.5) is 5.69 Å². The number of rotatable bonds is 5. The van der Waals surface area contributed by atoms with E-state index in [4.69, 9.17) is 10.8 Å². The molecule has 0 spiro atoms. The fourth-order valence-electron chi connectivity index (χ4n) is 1.02. The number of hydrogen-bond donors (Lipinski definition) is 3. The van der Waals surface area contributed by atoms with E-state index in [1.54, 1.807) is 0 Å². The molecule has 0 aromatic heterocycles. The summed E-state index contributed by atoms with van der Waals surface area (Å²) >= 11 is 0. The molecule has 15 heavy (non-hydrogen) atoms.